The number of alkyl halides is 6. The zero-order valence-electron chi connectivity index (χ0n) is 16.5. The molecule has 0 amide bonds. The van der Waals surface area contributed by atoms with E-state index >= 15 is 0 Å². The Morgan fingerprint density at radius 2 is 1.45 bits per heavy atom. The normalized spacial score (nSPS) is 11.0. The largest absolute Gasteiger partial charge is 0.487 e. The van der Waals surface area contributed by atoms with Crippen molar-refractivity contribution in [3.63, 3.8) is 0 Å². The molecule has 0 atom stereocenters. The van der Waals surface area contributed by atoms with Gasteiger partial charge in [0.15, 0.2) is 0 Å². The van der Waals surface area contributed by atoms with Gasteiger partial charge in [0, 0.05) is 12.1 Å². The van der Waals surface area contributed by atoms with Crippen LogP contribution in [-0.4, -0.2) is 0 Å². The smallest absolute Gasteiger partial charge is 0.416 e. The molecular formula is C20H24ClF6NO. The number of hydrogen-bond donors (Lipinski definition) is 1. The van der Waals surface area contributed by atoms with Crippen molar-refractivity contribution in [3.05, 3.63) is 63.7 Å². The average Bonchev–Trinajstić information content (AvgIpc) is 2.68. The molecule has 0 unspecified atom stereocenters. The van der Waals surface area contributed by atoms with Crippen molar-refractivity contribution in [1.29, 1.82) is 0 Å². The Balaban J connectivity index is 0.00000184. The lowest BCUT2D eigenvalue weighted by Gasteiger charge is -2.17. The van der Waals surface area contributed by atoms with Crippen LogP contribution in [0.4, 0.5) is 26.3 Å². The number of halogens is 7. The van der Waals surface area contributed by atoms with Gasteiger partial charge in [0.25, 0.3) is 0 Å². The van der Waals surface area contributed by atoms with Gasteiger partial charge in [0.2, 0.25) is 0 Å². The quantitative estimate of drug-likeness (QED) is 0.497. The summed E-state index contributed by atoms with van der Waals surface area (Å²) in [4.78, 5) is 0. The first-order chi connectivity index (χ1) is 13.5. The van der Waals surface area contributed by atoms with Crippen LogP contribution in [-0.2, 0) is 25.5 Å². The summed E-state index contributed by atoms with van der Waals surface area (Å²) in [5.74, 6) is 0.104. The molecule has 2 rings (SSSR count). The minimum absolute atomic E-state index is 0.0673. The maximum atomic E-state index is 13.1. The van der Waals surface area contributed by atoms with Crippen molar-refractivity contribution in [2.45, 2.75) is 53.2 Å². The fraction of sp³-hybridized carbons (Fsp3) is 0.400. The van der Waals surface area contributed by atoms with E-state index in [2.05, 4.69) is 0 Å². The van der Waals surface area contributed by atoms with Crippen LogP contribution in [0.2, 0.25) is 5.02 Å². The second-order valence-electron chi connectivity index (χ2n) is 5.13. The van der Waals surface area contributed by atoms with Gasteiger partial charge in [-0.15, -0.1) is 0 Å². The van der Waals surface area contributed by atoms with E-state index in [0.29, 0.717) is 11.6 Å². The third kappa shape index (κ3) is 8.14. The highest BCUT2D eigenvalue weighted by atomic mass is 35.5. The topological polar surface area (TPSA) is 35.2 Å². The predicted octanol–water partition coefficient (Wildman–Crippen LogP) is 7.47. The molecule has 0 aliphatic carbocycles. The average molecular weight is 444 g/mol. The molecule has 0 saturated carbocycles. The van der Waals surface area contributed by atoms with E-state index in [9.17, 15) is 26.3 Å². The minimum Gasteiger partial charge on any atom is -0.487 e. The first kappa shape index (κ1) is 27.1. The highest BCUT2D eigenvalue weighted by Gasteiger charge is 2.38. The standard InChI is InChI=1S/C16H12ClF6NO.2C2H6/c17-13-5-9(7-24)1-4-14(13)25-8-10-2-3-11(15(18,19)20)6-12(10)16(21,22)23;2*1-2/h1-6H,7-8,24H2;2*1-2H3. The van der Waals surface area contributed by atoms with E-state index in [1.807, 2.05) is 27.7 Å². The van der Waals surface area contributed by atoms with Crippen LogP contribution in [0, 0.1) is 0 Å². The Kier molecular flexibility index (Phi) is 11.1. The molecule has 29 heavy (non-hydrogen) atoms. The van der Waals surface area contributed by atoms with Gasteiger partial charge in [-0.25, -0.2) is 0 Å². The van der Waals surface area contributed by atoms with E-state index in [-0.39, 0.29) is 23.4 Å². The second kappa shape index (κ2) is 11.9. The van der Waals surface area contributed by atoms with Crippen molar-refractivity contribution in [1.82, 2.24) is 0 Å². The Labute approximate surface area is 171 Å². The summed E-state index contributed by atoms with van der Waals surface area (Å²) in [6, 6.07) is 5.90. The van der Waals surface area contributed by atoms with E-state index < -0.39 is 35.6 Å². The van der Waals surface area contributed by atoms with E-state index in [4.69, 9.17) is 22.1 Å². The molecule has 2 nitrogen and oxygen atoms in total. The fourth-order valence-electron chi connectivity index (χ4n) is 2.09. The molecule has 0 aromatic heterocycles. The molecule has 0 bridgehead atoms. The zero-order chi connectivity index (χ0) is 22.8. The van der Waals surface area contributed by atoms with Gasteiger partial charge >= 0.3 is 12.4 Å². The molecule has 0 aliphatic heterocycles. The Bertz CT molecular complexity index is 760. The Hall–Kier alpha value is -1.93. The number of ether oxygens (including phenoxy) is 1. The summed E-state index contributed by atoms with van der Waals surface area (Å²) in [6.45, 7) is 7.63. The molecule has 0 radical (unpaired) electrons. The van der Waals surface area contributed by atoms with Gasteiger partial charge in [0.05, 0.1) is 16.1 Å². The third-order valence-electron chi connectivity index (χ3n) is 3.36. The molecule has 0 fully saturated rings. The first-order valence-corrected chi connectivity index (χ1v) is 9.29. The maximum absolute atomic E-state index is 13.1. The van der Waals surface area contributed by atoms with Crippen LogP contribution in [0.3, 0.4) is 0 Å². The molecular weight excluding hydrogens is 420 g/mol. The summed E-state index contributed by atoms with van der Waals surface area (Å²) in [7, 11) is 0. The lowest BCUT2D eigenvalue weighted by Crippen LogP contribution is -2.14. The summed E-state index contributed by atoms with van der Waals surface area (Å²) in [5, 5.41) is 0.142. The Morgan fingerprint density at radius 3 is 1.90 bits per heavy atom. The highest BCUT2D eigenvalue weighted by molar-refractivity contribution is 6.32. The molecule has 9 heteroatoms. The lowest BCUT2D eigenvalue weighted by molar-refractivity contribution is -0.143. The van der Waals surface area contributed by atoms with Crippen LogP contribution in [0.15, 0.2) is 36.4 Å². The molecule has 2 aromatic rings. The van der Waals surface area contributed by atoms with E-state index in [1.54, 1.807) is 6.07 Å². The third-order valence-corrected chi connectivity index (χ3v) is 3.65. The van der Waals surface area contributed by atoms with Crippen molar-refractivity contribution < 1.29 is 31.1 Å². The van der Waals surface area contributed by atoms with Crippen molar-refractivity contribution in [2.75, 3.05) is 0 Å². The van der Waals surface area contributed by atoms with Gasteiger partial charge in [-0.1, -0.05) is 51.4 Å². The van der Waals surface area contributed by atoms with Gasteiger partial charge in [0.1, 0.15) is 12.4 Å². The van der Waals surface area contributed by atoms with E-state index in [0.717, 1.165) is 6.07 Å². The molecule has 0 spiro atoms. The molecule has 2 aromatic carbocycles. The van der Waals surface area contributed by atoms with Crippen LogP contribution in [0.1, 0.15) is 49.9 Å². The zero-order valence-corrected chi connectivity index (χ0v) is 17.3. The minimum atomic E-state index is -4.95. The van der Waals surface area contributed by atoms with Gasteiger partial charge in [-0.05, 0) is 29.8 Å². The maximum Gasteiger partial charge on any atom is 0.416 e. The van der Waals surface area contributed by atoms with E-state index in [1.165, 1.54) is 12.1 Å². The van der Waals surface area contributed by atoms with Crippen molar-refractivity contribution in [2.24, 2.45) is 5.73 Å². The summed E-state index contributed by atoms with van der Waals surface area (Å²) >= 11 is 5.94. The van der Waals surface area contributed by atoms with Crippen molar-refractivity contribution >= 4 is 11.6 Å². The SMILES string of the molecule is CC.CC.NCc1ccc(OCc2ccc(C(F)(F)F)cc2C(F)(F)F)c(Cl)c1. The number of nitrogens with two attached hydrogens (primary N) is 1. The number of benzene rings is 2. The van der Waals surface area contributed by atoms with Crippen LogP contribution < -0.4 is 10.5 Å². The monoisotopic (exact) mass is 443 g/mol. The first-order valence-electron chi connectivity index (χ1n) is 8.91. The second-order valence-corrected chi connectivity index (χ2v) is 5.53. The summed E-state index contributed by atoms with van der Waals surface area (Å²) in [6.07, 6.45) is -9.83. The van der Waals surface area contributed by atoms with Crippen LogP contribution >= 0.6 is 11.6 Å². The summed E-state index contributed by atoms with van der Waals surface area (Å²) < 4.78 is 82.3. The predicted molar refractivity (Wildman–Crippen MR) is 103 cm³/mol. The molecule has 164 valence electrons. The number of rotatable bonds is 4. The van der Waals surface area contributed by atoms with Gasteiger partial charge in [-0.3, -0.25) is 0 Å². The lowest BCUT2D eigenvalue weighted by atomic mass is 10.0. The van der Waals surface area contributed by atoms with Crippen molar-refractivity contribution in [3.8, 4) is 5.75 Å². The fourth-order valence-corrected chi connectivity index (χ4v) is 2.34. The number of hydrogen-bond acceptors (Lipinski definition) is 2. The van der Waals surface area contributed by atoms with Gasteiger partial charge < -0.3 is 10.5 Å². The van der Waals surface area contributed by atoms with Crippen LogP contribution in [0.25, 0.3) is 0 Å². The molecule has 0 saturated heterocycles. The molecule has 2 N–H and O–H groups in total. The summed E-state index contributed by atoms with van der Waals surface area (Å²) in [5.41, 5.74) is 2.91. The highest BCUT2D eigenvalue weighted by Crippen LogP contribution is 2.38. The van der Waals surface area contributed by atoms with Crippen LogP contribution in [0.5, 0.6) is 5.75 Å². The van der Waals surface area contributed by atoms with Gasteiger partial charge in [-0.2, -0.15) is 26.3 Å². The molecule has 0 aliphatic rings. The molecule has 0 heterocycles. The Morgan fingerprint density at radius 1 is 0.862 bits per heavy atom.